The molecule has 0 heterocycles. The summed E-state index contributed by atoms with van der Waals surface area (Å²) < 4.78 is 5.55. The number of hydrogen-bond donors (Lipinski definition) is 1. The maximum atomic E-state index is 12.3. The van der Waals surface area contributed by atoms with Gasteiger partial charge in [-0.05, 0) is 25.5 Å². The van der Waals surface area contributed by atoms with Gasteiger partial charge in [-0.3, -0.25) is 9.59 Å². The second kappa shape index (κ2) is 8.29. The maximum Gasteiger partial charge on any atom is 0.308 e. The second-order valence-electron chi connectivity index (χ2n) is 4.89. The molecule has 1 unspecified atom stereocenters. The predicted octanol–water partition coefficient (Wildman–Crippen LogP) is 2.94. The Kier molecular flexibility index (Phi) is 6.72. The van der Waals surface area contributed by atoms with E-state index in [1.165, 1.54) is 4.90 Å². The Balaban J connectivity index is 3.11. The highest BCUT2D eigenvalue weighted by molar-refractivity contribution is 5.95. The van der Waals surface area contributed by atoms with Crippen molar-refractivity contribution < 1.29 is 19.4 Å². The Morgan fingerprint density at radius 1 is 1.29 bits per heavy atom. The number of carbonyl (C=O) groups is 2. The van der Waals surface area contributed by atoms with Crippen molar-refractivity contribution in [2.45, 2.75) is 33.6 Å². The van der Waals surface area contributed by atoms with Crippen molar-refractivity contribution in [3.05, 3.63) is 24.3 Å². The van der Waals surface area contributed by atoms with E-state index in [4.69, 9.17) is 9.84 Å². The van der Waals surface area contributed by atoms with E-state index < -0.39 is 11.9 Å². The smallest absolute Gasteiger partial charge is 0.308 e. The summed E-state index contributed by atoms with van der Waals surface area (Å²) in [4.78, 5) is 24.9. The summed E-state index contributed by atoms with van der Waals surface area (Å²) in [5.74, 6) is -1.04. The summed E-state index contributed by atoms with van der Waals surface area (Å²) in [6, 6.07) is 7.22. The number of aliphatic carboxylic acids is 1. The number of amides is 1. The molecule has 0 aromatic heterocycles. The average molecular weight is 293 g/mol. The number of carboxylic acid groups (broad SMARTS) is 1. The lowest BCUT2D eigenvalue weighted by molar-refractivity contribution is -0.140. The number of ether oxygens (including phenoxy) is 1. The molecule has 0 radical (unpaired) electrons. The van der Waals surface area contributed by atoms with Crippen LogP contribution in [0.5, 0.6) is 5.75 Å². The van der Waals surface area contributed by atoms with Gasteiger partial charge in [0, 0.05) is 13.0 Å². The zero-order chi connectivity index (χ0) is 15.8. The third-order valence-electron chi connectivity index (χ3n) is 3.10. The summed E-state index contributed by atoms with van der Waals surface area (Å²) in [7, 11) is 0. The van der Waals surface area contributed by atoms with Gasteiger partial charge in [-0.2, -0.15) is 0 Å². The molecule has 1 N–H and O–H groups in total. The quantitative estimate of drug-likeness (QED) is 0.800. The molecule has 1 aromatic carbocycles. The molecule has 0 saturated carbocycles. The Labute approximate surface area is 125 Å². The van der Waals surface area contributed by atoms with Crippen molar-refractivity contribution in [2.75, 3.05) is 18.1 Å². The number of carboxylic acids is 1. The fourth-order valence-corrected chi connectivity index (χ4v) is 1.99. The van der Waals surface area contributed by atoms with Crippen molar-refractivity contribution in [3.8, 4) is 5.75 Å². The SMILES string of the molecule is CCCC(=O)N(CC(C)C(=O)O)c1ccccc1OCC. The van der Waals surface area contributed by atoms with E-state index in [0.29, 0.717) is 30.9 Å². The third kappa shape index (κ3) is 4.77. The minimum Gasteiger partial charge on any atom is -0.492 e. The molecular formula is C16H23NO4. The largest absolute Gasteiger partial charge is 0.492 e. The standard InChI is InChI=1S/C16H23NO4/c1-4-8-15(18)17(11-12(3)16(19)20)13-9-6-7-10-14(13)21-5-2/h6-7,9-10,12H,4-5,8,11H2,1-3H3,(H,19,20). The fraction of sp³-hybridized carbons (Fsp3) is 0.500. The minimum atomic E-state index is -0.918. The van der Waals surface area contributed by atoms with E-state index >= 15 is 0 Å². The average Bonchev–Trinajstić information content (AvgIpc) is 2.45. The highest BCUT2D eigenvalue weighted by atomic mass is 16.5. The summed E-state index contributed by atoms with van der Waals surface area (Å²) >= 11 is 0. The molecule has 0 aliphatic carbocycles. The van der Waals surface area contributed by atoms with Crippen LogP contribution in [0.25, 0.3) is 0 Å². The lowest BCUT2D eigenvalue weighted by Crippen LogP contribution is -2.37. The van der Waals surface area contributed by atoms with Gasteiger partial charge in [-0.25, -0.2) is 0 Å². The van der Waals surface area contributed by atoms with Gasteiger partial charge in [0.2, 0.25) is 5.91 Å². The molecule has 0 spiro atoms. The maximum absolute atomic E-state index is 12.3. The molecule has 1 atom stereocenters. The summed E-state index contributed by atoms with van der Waals surface area (Å²) in [6.45, 7) is 6.01. The summed E-state index contributed by atoms with van der Waals surface area (Å²) in [6.07, 6.45) is 1.10. The zero-order valence-electron chi connectivity index (χ0n) is 12.8. The topological polar surface area (TPSA) is 66.8 Å². The van der Waals surface area contributed by atoms with Crippen molar-refractivity contribution in [2.24, 2.45) is 5.92 Å². The first kappa shape index (κ1) is 17.0. The Morgan fingerprint density at radius 2 is 1.95 bits per heavy atom. The lowest BCUT2D eigenvalue weighted by atomic mass is 10.1. The summed E-state index contributed by atoms with van der Waals surface area (Å²) in [5, 5.41) is 9.09. The van der Waals surface area contributed by atoms with Crippen LogP contribution in [0, 0.1) is 5.92 Å². The minimum absolute atomic E-state index is 0.0854. The molecule has 5 nitrogen and oxygen atoms in total. The van der Waals surface area contributed by atoms with E-state index in [2.05, 4.69) is 0 Å². The first-order chi connectivity index (χ1) is 10.0. The van der Waals surface area contributed by atoms with Crippen molar-refractivity contribution in [1.82, 2.24) is 0 Å². The number of hydrogen-bond acceptors (Lipinski definition) is 3. The number of para-hydroxylation sites is 2. The predicted molar refractivity (Wildman–Crippen MR) is 81.7 cm³/mol. The van der Waals surface area contributed by atoms with Crippen molar-refractivity contribution >= 4 is 17.6 Å². The third-order valence-corrected chi connectivity index (χ3v) is 3.10. The van der Waals surface area contributed by atoms with Gasteiger partial charge in [-0.1, -0.05) is 26.0 Å². The molecule has 0 aliphatic heterocycles. The first-order valence-electron chi connectivity index (χ1n) is 7.26. The molecule has 0 saturated heterocycles. The van der Waals surface area contributed by atoms with E-state index in [1.807, 2.05) is 26.0 Å². The van der Waals surface area contributed by atoms with Crippen LogP contribution in [-0.2, 0) is 9.59 Å². The normalized spacial score (nSPS) is 11.8. The van der Waals surface area contributed by atoms with Crippen LogP contribution in [0.4, 0.5) is 5.69 Å². The molecular weight excluding hydrogens is 270 g/mol. The van der Waals surface area contributed by atoms with Crippen LogP contribution in [0.1, 0.15) is 33.6 Å². The zero-order valence-corrected chi connectivity index (χ0v) is 12.8. The molecule has 21 heavy (non-hydrogen) atoms. The molecule has 5 heteroatoms. The first-order valence-corrected chi connectivity index (χ1v) is 7.26. The molecule has 0 bridgehead atoms. The fourth-order valence-electron chi connectivity index (χ4n) is 1.99. The summed E-state index contributed by atoms with van der Waals surface area (Å²) in [5.41, 5.74) is 0.630. The van der Waals surface area contributed by atoms with E-state index in [-0.39, 0.29) is 12.5 Å². The highest BCUT2D eigenvalue weighted by Crippen LogP contribution is 2.29. The second-order valence-corrected chi connectivity index (χ2v) is 4.89. The van der Waals surface area contributed by atoms with Gasteiger partial charge in [-0.15, -0.1) is 0 Å². The van der Waals surface area contributed by atoms with Gasteiger partial charge in [0.05, 0.1) is 18.2 Å². The highest BCUT2D eigenvalue weighted by Gasteiger charge is 2.23. The Hall–Kier alpha value is -2.04. The Morgan fingerprint density at radius 3 is 2.52 bits per heavy atom. The van der Waals surface area contributed by atoms with Gasteiger partial charge in [0.25, 0.3) is 0 Å². The van der Waals surface area contributed by atoms with Crippen LogP contribution in [0.2, 0.25) is 0 Å². The molecule has 0 aliphatic rings. The molecule has 116 valence electrons. The molecule has 0 fully saturated rings. The van der Waals surface area contributed by atoms with Crippen molar-refractivity contribution in [3.63, 3.8) is 0 Å². The van der Waals surface area contributed by atoms with Gasteiger partial charge < -0.3 is 14.7 Å². The van der Waals surface area contributed by atoms with Crippen LogP contribution in [0.3, 0.4) is 0 Å². The molecule has 1 aromatic rings. The molecule has 1 amide bonds. The number of benzene rings is 1. The van der Waals surface area contributed by atoms with E-state index in [0.717, 1.165) is 0 Å². The van der Waals surface area contributed by atoms with Crippen LogP contribution in [-0.4, -0.2) is 30.1 Å². The van der Waals surface area contributed by atoms with Crippen LogP contribution >= 0.6 is 0 Å². The number of carbonyl (C=O) groups excluding carboxylic acids is 1. The number of nitrogens with zero attached hydrogens (tertiary/aromatic N) is 1. The van der Waals surface area contributed by atoms with E-state index in [9.17, 15) is 9.59 Å². The van der Waals surface area contributed by atoms with Crippen LogP contribution < -0.4 is 9.64 Å². The van der Waals surface area contributed by atoms with E-state index in [1.54, 1.807) is 19.1 Å². The number of rotatable bonds is 8. The molecule has 1 rings (SSSR count). The lowest BCUT2D eigenvalue weighted by Gasteiger charge is -2.26. The van der Waals surface area contributed by atoms with Gasteiger partial charge in [0.15, 0.2) is 0 Å². The van der Waals surface area contributed by atoms with Crippen molar-refractivity contribution in [1.29, 1.82) is 0 Å². The van der Waals surface area contributed by atoms with Crippen LogP contribution in [0.15, 0.2) is 24.3 Å². The van der Waals surface area contributed by atoms with Gasteiger partial charge >= 0.3 is 5.97 Å². The number of anilines is 1. The monoisotopic (exact) mass is 293 g/mol. The Bertz CT molecular complexity index is 487. The van der Waals surface area contributed by atoms with Gasteiger partial charge in [0.1, 0.15) is 5.75 Å².